The number of carbonyl (C=O) groups is 1. The Morgan fingerprint density at radius 1 is 0.958 bits per heavy atom. The molecule has 2 heterocycles. The molecular formula is C19H18BrN3O. The van der Waals surface area contributed by atoms with Crippen molar-refractivity contribution in [2.24, 2.45) is 0 Å². The number of hydrogen-bond acceptors (Lipinski definition) is 2. The van der Waals surface area contributed by atoms with E-state index in [4.69, 9.17) is 0 Å². The van der Waals surface area contributed by atoms with Crippen molar-refractivity contribution < 1.29 is 4.79 Å². The first-order chi connectivity index (χ1) is 11.7. The zero-order chi connectivity index (χ0) is 16.5. The quantitative estimate of drug-likeness (QED) is 0.728. The Bertz CT molecular complexity index is 867. The van der Waals surface area contributed by atoms with Crippen LogP contribution in [0.5, 0.6) is 0 Å². The first kappa shape index (κ1) is 15.3. The normalized spacial score (nSPS) is 15.0. The maximum absolute atomic E-state index is 12.8. The van der Waals surface area contributed by atoms with Gasteiger partial charge in [-0.1, -0.05) is 40.2 Å². The molecule has 1 aliphatic rings. The highest BCUT2D eigenvalue weighted by atomic mass is 79.9. The third-order valence-electron chi connectivity index (χ3n) is 4.50. The molecule has 5 heteroatoms. The van der Waals surface area contributed by atoms with Gasteiger partial charge in [-0.05, 0) is 30.3 Å². The Labute approximate surface area is 149 Å². The van der Waals surface area contributed by atoms with E-state index in [0.717, 1.165) is 41.6 Å². The van der Waals surface area contributed by atoms with E-state index < -0.39 is 0 Å². The van der Waals surface area contributed by atoms with Gasteiger partial charge >= 0.3 is 0 Å². The number of halogens is 1. The number of carbonyl (C=O) groups excluding carboxylic acids is 1. The number of aromatic nitrogens is 1. The molecule has 0 unspecified atom stereocenters. The fourth-order valence-electron chi connectivity index (χ4n) is 3.19. The van der Waals surface area contributed by atoms with Crippen molar-refractivity contribution in [2.45, 2.75) is 0 Å². The van der Waals surface area contributed by atoms with Crippen LogP contribution in [-0.4, -0.2) is 42.0 Å². The Balaban J connectivity index is 1.47. The van der Waals surface area contributed by atoms with E-state index in [0.29, 0.717) is 5.69 Å². The molecule has 2 aromatic carbocycles. The topological polar surface area (TPSA) is 39.3 Å². The second-order valence-corrected chi connectivity index (χ2v) is 6.95. The van der Waals surface area contributed by atoms with E-state index in [-0.39, 0.29) is 5.91 Å². The minimum Gasteiger partial charge on any atom is -0.368 e. The minimum absolute atomic E-state index is 0.0787. The number of benzene rings is 2. The number of hydrogen-bond donors (Lipinski definition) is 1. The third-order valence-corrected chi connectivity index (χ3v) is 5.00. The van der Waals surface area contributed by atoms with E-state index in [9.17, 15) is 4.79 Å². The summed E-state index contributed by atoms with van der Waals surface area (Å²) in [7, 11) is 0. The van der Waals surface area contributed by atoms with Gasteiger partial charge < -0.3 is 14.8 Å². The molecule has 3 aromatic rings. The van der Waals surface area contributed by atoms with Crippen LogP contribution >= 0.6 is 15.9 Å². The molecule has 1 N–H and O–H groups in total. The number of aromatic amines is 1. The van der Waals surface area contributed by atoms with Gasteiger partial charge in [0.2, 0.25) is 0 Å². The van der Waals surface area contributed by atoms with Crippen LogP contribution in [0.25, 0.3) is 10.9 Å². The van der Waals surface area contributed by atoms with E-state index in [1.165, 1.54) is 5.69 Å². The molecule has 4 nitrogen and oxygen atoms in total. The van der Waals surface area contributed by atoms with Gasteiger partial charge in [0.15, 0.2) is 0 Å². The van der Waals surface area contributed by atoms with Gasteiger partial charge in [-0.15, -0.1) is 0 Å². The molecule has 1 fully saturated rings. The molecule has 0 bridgehead atoms. The van der Waals surface area contributed by atoms with Crippen LogP contribution in [0.2, 0.25) is 0 Å². The van der Waals surface area contributed by atoms with Crippen molar-refractivity contribution in [3.05, 3.63) is 64.8 Å². The second kappa shape index (κ2) is 6.32. The average Bonchev–Trinajstić information content (AvgIpc) is 3.05. The molecule has 0 aliphatic carbocycles. The predicted molar refractivity (Wildman–Crippen MR) is 101 cm³/mol. The molecule has 24 heavy (non-hydrogen) atoms. The number of nitrogens with zero attached hydrogens (tertiary/aromatic N) is 2. The van der Waals surface area contributed by atoms with Crippen molar-refractivity contribution in [1.82, 2.24) is 9.88 Å². The van der Waals surface area contributed by atoms with E-state index in [1.54, 1.807) is 0 Å². The molecule has 4 rings (SSSR count). The van der Waals surface area contributed by atoms with Gasteiger partial charge in [-0.3, -0.25) is 4.79 Å². The first-order valence-corrected chi connectivity index (χ1v) is 8.87. The minimum atomic E-state index is 0.0787. The molecule has 0 saturated carbocycles. The first-order valence-electron chi connectivity index (χ1n) is 8.08. The fourth-order valence-corrected chi connectivity index (χ4v) is 3.55. The van der Waals surface area contributed by atoms with Crippen molar-refractivity contribution in [3.8, 4) is 0 Å². The summed E-state index contributed by atoms with van der Waals surface area (Å²) in [6.07, 6.45) is 0. The summed E-state index contributed by atoms with van der Waals surface area (Å²) in [5, 5.41) is 1.06. The number of anilines is 1. The Hall–Kier alpha value is -2.27. The molecule has 1 aliphatic heterocycles. The number of H-pyrrole nitrogens is 1. The summed E-state index contributed by atoms with van der Waals surface area (Å²) in [6, 6.07) is 18.3. The molecule has 0 spiro atoms. The Morgan fingerprint density at radius 3 is 2.46 bits per heavy atom. The molecule has 1 amide bonds. The van der Waals surface area contributed by atoms with Crippen molar-refractivity contribution >= 4 is 38.4 Å². The summed E-state index contributed by atoms with van der Waals surface area (Å²) < 4.78 is 1.01. The lowest BCUT2D eigenvalue weighted by Gasteiger charge is -2.36. The van der Waals surface area contributed by atoms with Crippen LogP contribution in [0.15, 0.2) is 59.1 Å². The van der Waals surface area contributed by atoms with Crippen LogP contribution < -0.4 is 4.90 Å². The lowest BCUT2D eigenvalue weighted by Crippen LogP contribution is -2.48. The molecule has 1 aromatic heterocycles. The van der Waals surface area contributed by atoms with Crippen LogP contribution in [-0.2, 0) is 0 Å². The summed E-state index contributed by atoms with van der Waals surface area (Å²) in [4.78, 5) is 20.3. The van der Waals surface area contributed by atoms with Crippen LogP contribution in [0.1, 0.15) is 10.5 Å². The molecule has 0 atom stereocenters. The standard InChI is InChI=1S/C19H18BrN3O/c20-15-7-6-14-12-18(21-17(14)13-15)19(24)23-10-8-22(9-11-23)16-4-2-1-3-5-16/h1-7,12-13,21H,8-11H2. The number of rotatable bonds is 2. The summed E-state index contributed by atoms with van der Waals surface area (Å²) >= 11 is 3.46. The van der Waals surface area contributed by atoms with Crippen LogP contribution in [0.3, 0.4) is 0 Å². The van der Waals surface area contributed by atoms with Gasteiger partial charge in [0, 0.05) is 47.2 Å². The van der Waals surface area contributed by atoms with Gasteiger partial charge in [0.1, 0.15) is 5.69 Å². The summed E-state index contributed by atoms with van der Waals surface area (Å²) in [6.45, 7) is 3.21. The fraction of sp³-hybridized carbons (Fsp3) is 0.211. The van der Waals surface area contributed by atoms with E-state index >= 15 is 0 Å². The maximum atomic E-state index is 12.8. The lowest BCUT2D eigenvalue weighted by molar-refractivity contribution is 0.0742. The smallest absolute Gasteiger partial charge is 0.270 e. The highest BCUT2D eigenvalue weighted by Crippen LogP contribution is 2.22. The van der Waals surface area contributed by atoms with E-state index in [1.807, 2.05) is 35.2 Å². The highest BCUT2D eigenvalue weighted by molar-refractivity contribution is 9.10. The number of para-hydroxylation sites is 1. The third kappa shape index (κ3) is 2.91. The molecular weight excluding hydrogens is 366 g/mol. The Kier molecular flexibility index (Phi) is 4.02. The van der Waals surface area contributed by atoms with Gasteiger partial charge in [0.25, 0.3) is 5.91 Å². The van der Waals surface area contributed by atoms with Crippen molar-refractivity contribution in [1.29, 1.82) is 0 Å². The van der Waals surface area contributed by atoms with Gasteiger partial charge in [-0.25, -0.2) is 0 Å². The Morgan fingerprint density at radius 2 is 1.71 bits per heavy atom. The number of fused-ring (bicyclic) bond motifs is 1. The number of amides is 1. The molecule has 1 saturated heterocycles. The van der Waals surface area contributed by atoms with Crippen LogP contribution in [0, 0.1) is 0 Å². The zero-order valence-corrected chi connectivity index (χ0v) is 14.8. The average molecular weight is 384 g/mol. The highest BCUT2D eigenvalue weighted by Gasteiger charge is 2.23. The number of nitrogens with one attached hydrogen (secondary N) is 1. The largest absolute Gasteiger partial charge is 0.368 e. The van der Waals surface area contributed by atoms with Gasteiger partial charge in [-0.2, -0.15) is 0 Å². The predicted octanol–water partition coefficient (Wildman–Crippen LogP) is 3.89. The second-order valence-electron chi connectivity index (χ2n) is 6.03. The number of piperazine rings is 1. The van der Waals surface area contributed by atoms with Crippen molar-refractivity contribution in [2.75, 3.05) is 31.1 Å². The lowest BCUT2D eigenvalue weighted by atomic mass is 10.2. The van der Waals surface area contributed by atoms with Crippen molar-refractivity contribution in [3.63, 3.8) is 0 Å². The summed E-state index contributed by atoms with van der Waals surface area (Å²) in [5.41, 5.74) is 2.87. The SMILES string of the molecule is O=C(c1cc2ccc(Br)cc2[nH]1)N1CCN(c2ccccc2)CC1. The molecule has 0 radical (unpaired) electrons. The monoisotopic (exact) mass is 383 g/mol. The maximum Gasteiger partial charge on any atom is 0.270 e. The van der Waals surface area contributed by atoms with Gasteiger partial charge in [0.05, 0.1) is 0 Å². The zero-order valence-electron chi connectivity index (χ0n) is 13.2. The summed E-state index contributed by atoms with van der Waals surface area (Å²) in [5.74, 6) is 0.0787. The van der Waals surface area contributed by atoms with Crippen LogP contribution in [0.4, 0.5) is 5.69 Å². The molecule has 122 valence electrons. The van der Waals surface area contributed by atoms with E-state index in [2.05, 4.69) is 50.1 Å².